The molecule has 20 heavy (non-hydrogen) atoms. The van der Waals surface area contributed by atoms with Crippen LogP contribution in [0.15, 0.2) is 24.3 Å². The zero-order chi connectivity index (χ0) is 14.5. The molecule has 0 spiro atoms. The zero-order valence-electron chi connectivity index (χ0n) is 12.5. The SMILES string of the molecule is CC(=O)NCCCc1nc2ccccc2n1CC(C)C. The van der Waals surface area contributed by atoms with Gasteiger partial charge in [-0.05, 0) is 24.5 Å². The third-order valence-corrected chi connectivity index (χ3v) is 3.23. The quantitative estimate of drug-likeness (QED) is 0.823. The number of hydrogen-bond donors (Lipinski definition) is 1. The van der Waals surface area contributed by atoms with E-state index in [-0.39, 0.29) is 5.91 Å². The molecular weight excluding hydrogens is 250 g/mol. The van der Waals surface area contributed by atoms with Crippen molar-refractivity contribution in [1.29, 1.82) is 0 Å². The normalized spacial score (nSPS) is 11.2. The Bertz CT molecular complexity index is 586. The number of amides is 1. The summed E-state index contributed by atoms with van der Waals surface area (Å²) >= 11 is 0. The Morgan fingerprint density at radius 1 is 1.35 bits per heavy atom. The van der Waals surface area contributed by atoms with Crippen LogP contribution < -0.4 is 5.32 Å². The molecule has 108 valence electrons. The van der Waals surface area contributed by atoms with Crippen LogP contribution in [0, 0.1) is 5.92 Å². The van der Waals surface area contributed by atoms with Crippen LogP contribution in [0.4, 0.5) is 0 Å². The Labute approximate surface area is 120 Å². The summed E-state index contributed by atoms with van der Waals surface area (Å²) in [6.45, 7) is 7.68. The highest BCUT2D eigenvalue weighted by molar-refractivity contribution is 5.76. The molecule has 1 N–H and O–H groups in total. The average Bonchev–Trinajstić information content (AvgIpc) is 2.72. The summed E-state index contributed by atoms with van der Waals surface area (Å²) in [7, 11) is 0. The maximum Gasteiger partial charge on any atom is 0.216 e. The van der Waals surface area contributed by atoms with E-state index in [1.807, 2.05) is 6.07 Å². The molecule has 4 heteroatoms. The third kappa shape index (κ3) is 3.59. The van der Waals surface area contributed by atoms with Gasteiger partial charge in [0.2, 0.25) is 5.91 Å². The molecule has 4 nitrogen and oxygen atoms in total. The van der Waals surface area contributed by atoms with Gasteiger partial charge < -0.3 is 9.88 Å². The molecule has 0 saturated carbocycles. The second kappa shape index (κ2) is 6.55. The Kier molecular flexibility index (Phi) is 4.77. The van der Waals surface area contributed by atoms with Gasteiger partial charge in [-0.2, -0.15) is 0 Å². The summed E-state index contributed by atoms with van der Waals surface area (Å²) in [6.07, 6.45) is 1.81. The molecule has 1 amide bonds. The van der Waals surface area contributed by atoms with Crippen molar-refractivity contribution in [2.75, 3.05) is 6.54 Å². The molecule has 1 aromatic heterocycles. The van der Waals surface area contributed by atoms with E-state index < -0.39 is 0 Å². The molecular formula is C16H23N3O. The fraction of sp³-hybridized carbons (Fsp3) is 0.500. The monoisotopic (exact) mass is 273 g/mol. The lowest BCUT2D eigenvalue weighted by molar-refractivity contribution is -0.118. The molecule has 0 saturated heterocycles. The largest absolute Gasteiger partial charge is 0.356 e. The topological polar surface area (TPSA) is 46.9 Å². The molecule has 0 fully saturated rings. The number of carbonyl (C=O) groups excluding carboxylic acids is 1. The van der Waals surface area contributed by atoms with Gasteiger partial charge in [0, 0.05) is 26.4 Å². The van der Waals surface area contributed by atoms with E-state index in [1.165, 1.54) is 5.52 Å². The molecule has 1 aromatic carbocycles. The summed E-state index contributed by atoms with van der Waals surface area (Å²) in [5.41, 5.74) is 2.26. The standard InChI is InChI=1S/C16H23N3O/c1-12(2)11-19-15-8-5-4-7-14(15)18-16(19)9-6-10-17-13(3)20/h4-5,7-8,12H,6,9-11H2,1-3H3,(H,17,20). The van der Waals surface area contributed by atoms with Crippen molar-refractivity contribution in [3.63, 3.8) is 0 Å². The van der Waals surface area contributed by atoms with Crippen molar-refractivity contribution in [2.45, 2.75) is 40.2 Å². The molecule has 2 aromatic rings. The second-order valence-electron chi connectivity index (χ2n) is 5.61. The van der Waals surface area contributed by atoms with Crippen molar-refractivity contribution >= 4 is 16.9 Å². The summed E-state index contributed by atoms with van der Waals surface area (Å²) in [5, 5.41) is 2.83. The van der Waals surface area contributed by atoms with Gasteiger partial charge in [0.25, 0.3) is 0 Å². The number of rotatable bonds is 6. The molecule has 0 radical (unpaired) electrons. The average molecular weight is 273 g/mol. The van der Waals surface area contributed by atoms with Gasteiger partial charge in [-0.15, -0.1) is 0 Å². The Balaban J connectivity index is 2.16. The van der Waals surface area contributed by atoms with E-state index in [1.54, 1.807) is 6.92 Å². The summed E-state index contributed by atoms with van der Waals surface area (Å²) in [4.78, 5) is 15.6. The summed E-state index contributed by atoms with van der Waals surface area (Å²) in [5.74, 6) is 1.73. The first-order valence-electron chi connectivity index (χ1n) is 7.26. The number of fused-ring (bicyclic) bond motifs is 1. The Morgan fingerprint density at radius 3 is 2.80 bits per heavy atom. The van der Waals surface area contributed by atoms with Crippen LogP contribution in [-0.4, -0.2) is 22.0 Å². The van der Waals surface area contributed by atoms with Crippen molar-refractivity contribution in [3.8, 4) is 0 Å². The van der Waals surface area contributed by atoms with Crippen LogP contribution in [0.5, 0.6) is 0 Å². The van der Waals surface area contributed by atoms with Crippen molar-refractivity contribution in [1.82, 2.24) is 14.9 Å². The van der Waals surface area contributed by atoms with Gasteiger partial charge in [0.15, 0.2) is 0 Å². The lowest BCUT2D eigenvalue weighted by Gasteiger charge is -2.11. The highest BCUT2D eigenvalue weighted by Gasteiger charge is 2.11. The smallest absolute Gasteiger partial charge is 0.216 e. The molecule has 0 aliphatic carbocycles. The Morgan fingerprint density at radius 2 is 2.10 bits per heavy atom. The summed E-state index contributed by atoms with van der Waals surface area (Å²) in [6, 6.07) is 8.27. The van der Waals surface area contributed by atoms with Crippen molar-refractivity contribution in [2.24, 2.45) is 5.92 Å². The van der Waals surface area contributed by atoms with Crippen LogP contribution >= 0.6 is 0 Å². The molecule has 2 rings (SSSR count). The number of hydrogen-bond acceptors (Lipinski definition) is 2. The molecule has 0 atom stereocenters. The van der Waals surface area contributed by atoms with E-state index >= 15 is 0 Å². The van der Waals surface area contributed by atoms with E-state index in [0.29, 0.717) is 12.5 Å². The number of carbonyl (C=O) groups is 1. The number of nitrogens with zero attached hydrogens (tertiary/aromatic N) is 2. The van der Waals surface area contributed by atoms with Crippen molar-refractivity contribution in [3.05, 3.63) is 30.1 Å². The molecule has 0 aliphatic heterocycles. The fourth-order valence-corrected chi connectivity index (χ4v) is 2.40. The Hall–Kier alpha value is -1.84. The number of aryl methyl sites for hydroxylation is 1. The highest BCUT2D eigenvalue weighted by atomic mass is 16.1. The minimum Gasteiger partial charge on any atom is -0.356 e. The number of nitrogens with one attached hydrogen (secondary N) is 1. The van der Waals surface area contributed by atoms with Crippen LogP contribution in [0.2, 0.25) is 0 Å². The van der Waals surface area contributed by atoms with Gasteiger partial charge in [-0.1, -0.05) is 26.0 Å². The maximum atomic E-state index is 10.9. The number of benzene rings is 1. The first-order chi connectivity index (χ1) is 9.58. The number of aromatic nitrogens is 2. The summed E-state index contributed by atoms with van der Waals surface area (Å²) < 4.78 is 2.31. The van der Waals surface area contributed by atoms with Crippen LogP contribution in [0.1, 0.15) is 33.0 Å². The van der Waals surface area contributed by atoms with Gasteiger partial charge >= 0.3 is 0 Å². The highest BCUT2D eigenvalue weighted by Crippen LogP contribution is 2.18. The number of imidazole rings is 1. The van der Waals surface area contributed by atoms with Gasteiger partial charge in [0.1, 0.15) is 5.82 Å². The minimum atomic E-state index is 0.0284. The molecule has 1 heterocycles. The molecule has 0 unspecified atom stereocenters. The zero-order valence-corrected chi connectivity index (χ0v) is 12.5. The van der Waals surface area contributed by atoms with E-state index in [2.05, 4.69) is 41.9 Å². The lowest BCUT2D eigenvalue weighted by Crippen LogP contribution is -2.21. The predicted molar refractivity (Wildman–Crippen MR) is 81.6 cm³/mol. The van der Waals surface area contributed by atoms with Gasteiger partial charge in [0.05, 0.1) is 11.0 Å². The third-order valence-electron chi connectivity index (χ3n) is 3.23. The molecule has 0 bridgehead atoms. The lowest BCUT2D eigenvalue weighted by atomic mass is 10.2. The van der Waals surface area contributed by atoms with Crippen LogP contribution in [0.25, 0.3) is 11.0 Å². The van der Waals surface area contributed by atoms with Crippen molar-refractivity contribution < 1.29 is 4.79 Å². The fourth-order valence-electron chi connectivity index (χ4n) is 2.40. The van der Waals surface area contributed by atoms with E-state index in [0.717, 1.165) is 30.7 Å². The van der Waals surface area contributed by atoms with Gasteiger partial charge in [-0.25, -0.2) is 4.98 Å². The van der Waals surface area contributed by atoms with Crippen LogP contribution in [0.3, 0.4) is 0 Å². The maximum absolute atomic E-state index is 10.9. The minimum absolute atomic E-state index is 0.0284. The van der Waals surface area contributed by atoms with Crippen LogP contribution in [-0.2, 0) is 17.8 Å². The van der Waals surface area contributed by atoms with Gasteiger partial charge in [-0.3, -0.25) is 4.79 Å². The number of para-hydroxylation sites is 2. The van der Waals surface area contributed by atoms with E-state index in [9.17, 15) is 4.79 Å². The first-order valence-corrected chi connectivity index (χ1v) is 7.26. The second-order valence-corrected chi connectivity index (χ2v) is 5.61. The first kappa shape index (κ1) is 14.6. The molecule has 0 aliphatic rings. The predicted octanol–water partition coefficient (Wildman–Crippen LogP) is 2.76. The van der Waals surface area contributed by atoms with E-state index in [4.69, 9.17) is 4.98 Å².